The van der Waals surface area contributed by atoms with E-state index in [1.165, 1.54) is 0 Å². The van der Waals surface area contributed by atoms with Crippen molar-refractivity contribution >= 4 is 12.1 Å². The highest BCUT2D eigenvalue weighted by atomic mass is 16.2. The lowest BCUT2D eigenvalue weighted by Crippen LogP contribution is -2.19. The lowest BCUT2D eigenvalue weighted by atomic mass is 10.0. The number of hydrogen-bond acceptors (Lipinski definition) is 2. The first-order valence-electron chi connectivity index (χ1n) is 6.59. The molecule has 0 saturated heterocycles. The van der Waals surface area contributed by atoms with Gasteiger partial charge in [0, 0.05) is 5.56 Å². The molecule has 20 heavy (non-hydrogen) atoms. The molecule has 1 N–H and O–H groups in total. The van der Waals surface area contributed by atoms with Crippen LogP contribution in [0.2, 0.25) is 0 Å². The first kappa shape index (κ1) is 14.0. The molecule has 0 aliphatic carbocycles. The molecule has 0 fully saturated rings. The molecular weight excluding hydrogens is 248 g/mol. The van der Waals surface area contributed by atoms with Crippen LogP contribution in [0.15, 0.2) is 53.6 Å². The third-order valence-corrected chi connectivity index (χ3v) is 3.13. The van der Waals surface area contributed by atoms with Gasteiger partial charge in [0.15, 0.2) is 0 Å². The lowest BCUT2D eigenvalue weighted by molar-refractivity contribution is -0.120. The van der Waals surface area contributed by atoms with Crippen LogP contribution < -0.4 is 5.43 Å². The Morgan fingerprint density at radius 3 is 2.35 bits per heavy atom. The molecule has 2 aromatic carbocycles. The Morgan fingerprint density at radius 1 is 1.05 bits per heavy atom. The van der Waals surface area contributed by atoms with Crippen LogP contribution in [0.1, 0.15) is 22.3 Å². The number of benzene rings is 2. The molecule has 3 heteroatoms. The number of amides is 1. The predicted octanol–water partition coefficient (Wildman–Crippen LogP) is 3.00. The van der Waals surface area contributed by atoms with Crippen molar-refractivity contribution in [2.24, 2.45) is 5.10 Å². The second-order valence-corrected chi connectivity index (χ2v) is 4.76. The summed E-state index contributed by atoms with van der Waals surface area (Å²) in [5, 5.41) is 4.03. The smallest absolute Gasteiger partial charge is 0.244 e. The molecule has 0 bridgehead atoms. The minimum atomic E-state index is -0.112. The number of aryl methyl sites for hydroxylation is 2. The van der Waals surface area contributed by atoms with Gasteiger partial charge in [0.05, 0.1) is 12.6 Å². The van der Waals surface area contributed by atoms with E-state index in [0.717, 1.165) is 22.3 Å². The molecule has 0 radical (unpaired) electrons. The van der Waals surface area contributed by atoms with Gasteiger partial charge in [0.25, 0.3) is 0 Å². The zero-order valence-corrected chi connectivity index (χ0v) is 11.8. The molecule has 0 spiro atoms. The molecule has 0 heterocycles. The van der Waals surface area contributed by atoms with Crippen molar-refractivity contribution in [3.63, 3.8) is 0 Å². The summed E-state index contributed by atoms with van der Waals surface area (Å²) in [6.07, 6.45) is 2.04. The van der Waals surface area contributed by atoms with Crippen LogP contribution in [-0.2, 0) is 11.2 Å². The van der Waals surface area contributed by atoms with E-state index in [1.54, 1.807) is 6.21 Å². The second kappa shape index (κ2) is 6.66. The van der Waals surface area contributed by atoms with Gasteiger partial charge in [0.1, 0.15) is 0 Å². The van der Waals surface area contributed by atoms with Gasteiger partial charge in [-0.15, -0.1) is 0 Å². The van der Waals surface area contributed by atoms with Gasteiger partial charge in [-0.3, -0.25) is 4.79 Å². The van der Waals surface area contributed by atoms with Crippen molar-refractivity contribution in [1.29, 1.82) is 0 Å². The topological polar surface area (TPSA) is 41.5 Å². The van der Waals surface area contributed by atoms with Crippen molar-refractivity contribution in [3.8, 4) is 0 Å². The monoisotopic (exact) mass is 266 g/mol. The van der Waals surface area contributed by atoms with Gasteiger partial charge >= 0.3 is 0 Å². The first-order chi connectivity index (χ1) is 9.66. The van der Waals surface area contributed by atoms with E-state index in [9.17, 15) is 4.79 Å². The molecule has 0 atom stereocenters. The summed E-state index contributed by atoms with van der Waals surface area (Å²) in [7, 11) is 0. The van der Waals surface area contributed by atoms with Crippen LogP contribution in [0.3, 0.4) is 0 Å². The van der Waals surface area contributed by atoms with Crippen molar-refractivity contribution < 1.29 is 4.79 Å². The number of hydrogen-bond donors (Lipinski definition) is 1. The Balaban J connectivity index is 1.95. The number of hydrazone groups is 1. The van der Waals surface area contributed by atoms with E-state index >= 15 is 0 Å². The highest BCUT2D eigenvalue weighted by Crippen LogP contribution is 2.10. The molecular formula is C17H18N2O. The van der Waals surface area contributed by atoms with E-state index in [4.69, 9.17) is 0 Å². The summed E-state index contributed by atoms with van der Waals surface area (Å²) in [6, 6.07) is 15.7. The molecule has 2 aromatic rings. The molecule has 0 unspecified atom stereocenters. The third-order valence-electron chi connectivity index (χ3n) is 3.13. The second-order valence-electron chi connectivity index (χ2n) is 4.76. The van der Waals surface area contributed by atoms with Crippen LogP contribution in [0.5, 0.6) is 0 Å². The Kier molecular flexibility index (Phi) is 4.66. The van der Waals surface area contributed by atoms with Gasteiger partial charge in [-0.1, -0.05) is 48.5 Å². The summed E-state index contributed by atoms with van der Waals surface area (Å²) >= 11 is 0. The van der Waals surface area contributed by atoms with Crippen LogP contribution in [0.4, 0.5) is 0 Å². The lowest BCUT2D eigenvalue weighted by Gasteiger charge is -2.04. The Bertz CT molecular complexity index is 598. The maximum absolute atomic E-state index is 11.7. The number of nitrogens with one attached hydrogen (secondary N) is 1. The van der Waals surface area contributed by atoms with Gasteiger partial charge in [-0.25, -0.2) is 5.43 Å². The standard InChI is InChI=1S/C17H18N2O/c1-13-7-6-8-14(2)16(13)12-18-19-17(20)11-15-9-4-3-5-10-15/h3-10,12H,11H2,1-2H3,(H,19,20)/b18-12-. The Labute approximate surface area is 119 Å². The van der Waals surface area contributed by atoms with Crippen molar-refractivity contribution in [2.75, 3.05) is 0 Å². The molecule has 1 amide bonds. The van der Waals surface area contributed by atoms with Crippen LogP contribution in [0, 0.1) is 13.8 Å². The highest BCUT2D eigenvalue weighted by molar-refractivity contribution is 5.85. The summed E-state index contributed by atoms with van der Waals surface area (Å²) in [4.78, 5) is 11.7. The average Bonchev–Trinajstić information content (AvgIpc) is 2.43. The molecule has 0 aliphatic rings. The summed E-state index contributed by atoms with van der Waals surface area (Å²) in [5.41, 5.74) is 6.88. The summed E-state index contributed by atoms with van der Waals surface area (Å²) in [6.45, 7) is 4.06. The van der Waals surface area contributed by atoms with Gasteiger partial charge in [-0.05, 0) is 30.5 Å². The molecule has 0 aromatic heterocycles. The number of nitrogens with zero attached hydrogens (tertiary/aromatic N) is 1. The quantitative estimate of drug-likeness (QED) is 0.671. The van der Waals surface area contributed by atoms with E-state index in [-0.39, 0.29) is 5.91 Å². The van der Waals surface area contributed by atoms with Gasteiger partial charge in [-0.2, -0.15) is 5.10 Å². The average molecular weight is 266 g/mol. The highest BCUT2D eigenvalue weighted by Gasteiger charge is 2.02. The molecule has 3 nitrogen and oxygen atoms in total. The van der Waals surface area contributed by atoms with Gasteiger partial charge < -0.3 is 0 Å². The Hall–Kier alpha value is -2.42. The minimum Gasteiger partial charge on any atom is -0.273 e. The predicted molar refractivity (Wildman–Crippen MR) is 81.8 cm³/mol. The van der Waals surface area contributed by atoms with E-state index in [2.05, 4.69) is 10.5 Å². The minimum absolute atomic E-state index is 0.112. The zero-order chi connectivity index (χ0) is 14.4. The van der Waals surface area contributed by atoms with Crippen LogP contribution in [0.25, 0.3) is 0 Å². The van der Waals surface area contributed by atoms with E-state index in [1.807, 2.05) is 62.4 Å². The molecule has 2 rings (SSSR count). The normalized spacial score (nSPS) is 10.7. The number of carbonyl (C=O) groups is 1. The maximum Gasteiger partial charge on any atom is 0.244 e. The Morgan fingerprint density at radius 2 is 1.70 bits per heavy atom. The van der Waals surface area contributed by atoms with E-state index in [0.29, 0.717) is 6.42 Å². The summed E-state index contributed by atoms with van der Waals surface area (Å²) < 4.78 is 0. The summed E-state index contributed by atoms with van der Waals surface area (Å²) in [5.74, 6) is -0.112. The van der Waals surface area contributed by atoms with Crippen LogP contribution in [-0.4, -0.2) is 12.1 Å². The maximum atomic E-state index is 11.7. The third kappa shape index (κ3) is 3.79. The largest absolute Gasteiger partial charge is 0.273 e. The molecule has 102 valence electrons. The number of carbonyl (C=O) groups excluding carboxylic acids is 1. The fraction of sp³-hybridized carbons (Fsp3) is 0.176. The molecule has 0 saturated carbocycles. The molecule has 0 aliphatic heterocycles. The van der Waals surface area contributed by atoms with Crippen molar-refractivity contribution in [2.45, 2.75) is 20.3 Å². The van der Waals surface area contributed by atoms with Crippen molar-refractivity contribution in [3.05, 3.63) is 70.8 Å². The van der Waals surface area contributed by atoms with Gasteiger partial charge in [0.2, 0.25) is 5.91 Å². The number of rotatable bonds is 4. The fourth-order valence-electron chi connectivity index (χ4n) is 2.02. The zero-order valence-electron chi connectivity index (χ0n) is 11.8. The SMILES string of the molecule is Cc1cccc(C)c1/C=N\NC(=O)Cc1ccccc1. The van der Waals surface area contributed by atoms with Crippen LogP contribution >= 0.6 is 0 Å². The first-order valence-corrected chi connectivity index (χ1v) is 6.59. The van der Waals surface area contributed by atoms with Crippen molar-refractivity contribution in [1.82, 2.24) is 5.43 Å². The fourth-order valence-corrected chi connectivity index (χ4v) is 2.02. The van der Waals surface area contributed by atoms with E-state index < -0.39 is 0 Å².